The Labute approximate surface area is 156 Å². The van der Waals surface area contributed by atoms with Crippen molar-refractivity contribution in [3.8, 4) is 0 Å². The molecule has 0 aliphatic rings. The lowest BCUT2D eigenvalue weighted by molar-refractivity contribution is 0.102. The van der Waals surface area contributed by atoms with E-state index in [-0.39, 0.29) is 10.8 Å². The van der Waals surface area contributed by atoms with Crippen LogP contribution in [0.5, 0.6) is 0 Å². The van der Waals surface area contributed by atoms with Crippen molar-refractivity contribution in [2.24, 2.45) is 0 Å². The van der Waals surface area contributed by atoms with Crippen molar-refractivity contribution in [3.63, 3.8) is 0 Å². The van der Waals surface area contributed by atoms with Crippen LogP contribution in [0.3, 0.4) is 0 Å². The Morgan fingerprint density at radius 2 is 1.54 bits per heavy atom. The van der Waals surface area contributed by atoms with Crippen LogP contribution >= 0.6 is 11.3 Å². The smallest absolute Gasteiger partial charge is 0.261 e. The van der Waals surface area contributed by atoms with Gasteiger partial charge in [-0.25, -0.2) is 8.42 Å². The first-order chi connectivity index (χ1) is 12.4. The van der Waals surface area contributed by atoms with Gasteiger partial charge in [0.05, 0.1) is 21.8 Å². The van der Waals surface area contributed by atoms with E-state index in [1.54, 1.807) is 53.8 Å². The van der Waals surface area contributed by atoms with Gasteiger partial charge in [0.15, 0.2) is 0 Å². The minimum atomic E-state index is -3.74. The van der Waals surface area contributed by atoms with Gasteiger partial charge in [-0.3, -0.25) is 9.52 Å². The fraction of sp³-hybridized carbons (Fsp3) is 0.105. The normalized spacial score (nSPS) is 11.2. The van der Waals surface area contributed by atoms with Crippen LogP contribution in [-0.2, 0) is 10.0 Å². The summed E-state index contributed by atoms with van der Waals surface area (Å²) in [7, 11) is -3.74. The molecule has 0 saturated carbocycles. The van der Waals surface area contributed by atoms with Crippen molar-refractivity contribution in [3.05, 3.63) is 76.0 Å². The number of amides is 1. The summed E-state index contributed by atoms with van der Waals surface area (Å²) < 4.78 is 27.6. The highest BCUT2D eigenvalue weighted by molar-refractivity contribution is 7.92. The van der Waals surface area contributed by atoms with Gasteiger partial charge in [-0.15, -0.1) is 11.3 Å². The molecule has 26 heavy (non-hydrogen) atoms. The third-order valence-electron chi connectivity index (χ3n) is 3.76. The number of carbonyl (C=O) groups excluding carboxylic acids is 1. The minimum Gasteiger partial charge on any atom is -0.320 e. The Morgan fingerprint density at radius 3 is 2.15 bits per heavy atom. The molecule has 1 heterocycles. The topological polar surface area (TPSA) is 75.3 Å². The molecule has 0 saturated heterocycles. The second kappa shape index (κ2) is 7.31. The Hall–Kier alpha value is -2.64. The highest BCUT2D eigenvalue weighted by Gasteiger charge is 2.18. The van der Waals surface area contributed by atoms with Crippen LogP contribution in [0.15, 0.2) is 65.6 Å². The molecule has 0 unspecified atom stereocenters. The molecule has 1 amide bonds. The first-order valence-electron chi connectivity index (χ1n) is 7.92. The SMILES string of the molecule is Cc1cc(C(=O)Nc2ccccc2NS(=O)(=O)c2ccccc2)c(C)s1. The maximum Gasteiger partial charge on any atom is 0.261 e. The molecule has 0 aliphatic heterocycles. The van der Waals surface area contributed by atoms with E-state index in [9.17, 15) is 13.2 Å². The molecule has 134 valence electrons. The highest BCUT2D eigenvalue weighted by atomic mass is 32.2. The zero-order valence-corrected chi connectivity index (χ0v) is 15.9. The van der Waals surface area contributed by atoms with E-state index >= 15 is 0 Å². The molecule has 0 spiro atoms. The Balaban J connectivity index is 1.87. The third-order valence-corrected chi connectivity index (χ3v) is 6.11. The molecule has 7 heteroatoms. The maximum atomic E-state index is 12.6. The molecular weight excluding hydrogens is 368 g/mol. The van der Waals surface area contributed by atoms with Crippen LogP contribution in [0.25, 0.3) is 0 Å². The van der Waals surface area contributed by atoms with Gasteiger partial charge in [0, 0.05) is 9.75 Å². The molecule has 3 rings (SSSR count). The summed E-state index contributed by atoms with van der Waals surface area (Å²) in [4.78, 5) is 14.7. The maximum absolute atomic E-state index is 12.6. The Kier molecular flexibility index (Phi) is 5.11. The van der Waals surface area contributed by atoms with Crippen molar-refractivity contribution >= 4 is 38.6 Å². The lowest BCUT2D eigenvalue weighted by Gasteiger charge is -2.13. The number of nitrogens with one attached hydrogen (secondary N) is 2. The van der Waals surface area contributed by atoms with Crippen molar-refractivity contribution in [1.29, 1.82) is 0 Å². The van der Waals surface area contributed by atoms with E-state index < -0.39 is 10.0 Å². The first kappa shape index (κ1) is 18.2. The minimum absolute atomic E-state index is 0.158. The average Bonchev–Trinajstić information content (AvgIpc) is 2.95. The first-order valence-corrected chi connectivity index (χ1v) is 10.2. The summed E-state index contributed by atoms with van der Waals surface area (Å²) in [5.41, 5.74) is 1.31. The van der Waals surface area contributed by atoms with E-state index in [1.807, 2.05) is 19.9 Å². The molecule has 3 aromatic rings. The molecular formula is C19H18N2O3S2. The molecule has 0 atom stereocenters. The molecule has 2 N–H and O–H groups in total. The van der Waals surface area contributed by atoms with E-state index in [2.05, 4.69) is 10.0 Å². The second-order valence-corrected chi connectivity index (χ2v) is 8.89. The third kappa shape index (κ3) is 3.95. The largest absolute Gasteiger partial charge is 0.320 e. The van der Waals surface area contributed by atoms with Crippen molar-refractivity contribution < 1.29 is 13.2 Å². The number of thiophene rings is 1. The van der Waals surface area contributed by atoms with Crippen LogP contribution < -0.4 is 10.0 Å². The number of rotatable bonds is 5. The highest BCUT2D eigenvalue weighted by Crippen LogP contribution is 2.27. The summed E-state index contributed by atoms with van der Waals surface area (Å²) in [5.74, 6) is -0.266. The summed E-state index contributed by atoms with van der Waals surface area (Å²) >= 11 is 1.55. The summed E-state index contributed by atoms with van der Waals surface area (Å²) in [6.45, 7) is 3.83. The predicted octanol–water partition coefficient (Wildman–Crippen LogP) is 4.42. The zero-order chi connectivity index (χ0) is 18.7. The van der Waals surface area contributed by atoms with Gasteiger partial charge >= 0.3 is 0 Å². The number of anilines is 2. The van der Waals surface area contributed by atoms with Crippen molar-refractivity contribution in [2.75, 3.05) is 10.0 Å². The van der Waals surface area contributed by atoms with Gasteiger partial charge in [0.2, 0.25) is 0 Å². The monoisotopic (exact) mass is 386 g/mol. The van der Waals surface area contributed by atoms with E-state index in [0.717, 1.165) is 9.75 Å². The fourth-order valence-corrected chi connectivity index (χ4v) is 4.55. The van der Waals surface area contributed by atoms with E-state index in [4.69, 9.17) is 0 Å². The van der Waals surface area contributed by atoms with Crippen LogP contribution in [-0.4, -0.2) is 14.3 Å². The standard InChI is InChI=1S/C19H18N2O3S2/c1-13-12-16(14(2)25-13)19(22)20-17-10-6-7-11-18(17)21-26(23,24)15-8-4-3-5-9-15/h3-12,21H,1-2H3,(H,20,22). The van der Waals surface area contributed by atoms with Gasteiger partial charge < -0.3 is 5.32 Å². The number of hydrogen-bond donors (Lipinski definition) is 2. The number of para-hydroxylation sites is 2. The zero-order valence-electron chi connectivity index (χ0n) is 14.3. The van der Waals surface area contributed by atoms with Gasteiger partial charge in [-0.1, -0.05) is 30.3 Å². The Morgan fingerprint density at radius 1 is 0.923 bits per heavy atom. The fourth-order valence-electron chi connectivity index (χ4n) is 2.53. The van der Waals surface area contributed by atoms with E-state index in [1.165, 1.54) is 12.1 Å². The molecule has 0 fully saturated rings. The van der Waals surface area contributed by atoms with Crippen LogP contribution in [0, 0.1) is 13.8 Å². The molecule has 2 aromatic carbocycles. The summed E-state index contributed by atoms with van der Waals surface area (Å²) in [6, 6.07) is 16.6. The lowest BCUT2D eigenvalue weighted by atomic mass is 10.2. The number of carbonyl (C=O) groups is 1. The molecule has 5 nitrogen and oxygen atoms in total. The van der Waals surface area contributed by atoms with Gasteiger partial charge in [-0.2, -0.15) is 0 Å². The number of aryl methyl sites for hydroxylation is 2. The second-order valence-electron chi connectivity index (χ2n) is 5.75. The Bertz CT molecular complexity index is 1040. The van der Waals surface area contributed by atoms with E-state index in [0.29, 0.717) is 16.9 Å². The molecule has 0 radical (unpaired) electrons. The molecule has 1 aromatic heterocycles. The van der Waals surface area contributed by atoms with Crippen molar-refractivity contribution in [2.45, 2.75) is 18.7 Å². The number of sulfonamides is 1. The number of benzene rings is 2. The van der Waals surface area contributed by atoms with Crippen LogP contribution in [0.4, 0.5) is 11.4 Å². The van der Waals surface area contributed by atoms with Crippen LogP contribution in [0.1, 0.15) is 20.1 Å². The lowest BCUT2D eigenvalue weighted by Crippen LogP contribution is -2.17. The van der Waals surface area contributed by atoms with Crippen molar-refractivity contribution in [1.82, 2.24) is 0 Å². The predicted molar refractivity (Wildman–Crippen MR) is 105 cm³/mol. The van der Waals surface area contributed by atoms with Gasteiger partial charge in [0.25, 0.3) is 15.9 Å². The molecule has 0 bridgehead atoms. The quantitative estimate of drug-likeness (QED) is 0.682. The van der Waals surface area contributed by atoms with Gasteiger partial charge in [0.1, 0.15) is 0 Å². The van der Waals surface area contributed by atoms with Crippen LogP contribution in [0.2, 0.25) is 0 Å². The summed E-state index contributed by atoms with van der Waals surface area (Å²) in [6.07, 6.45) is 0. The summed E-state index contributed by atoms with van der Waals surface area (Å²) in [5, 5.41) is 2.80. The average molecular weight is 386 g/mol. The number of hydrogen-bond acceptors (Lipinski definition) is 4. The van der Waals surface area contributed by atoms with Gasteiger partial charge in [-0.05, 0) is 44.2 Å². The molecule has 0 aliphatic carbocycles.